The van der Waals surface area contributed by atoms with E-state index in [9.17, 15) is 0 Å². The fourth-order valence-electron chi connectivity index (χ4n) is 1.31. The molecule has 1 aromatic heterocycles. The Bertz CT molecular complexity index is 495. The second-order valence-corrected chi connectivity index (χ2v) is 4.31. The Morgan fingerprint density at radius 2 is 1.94 bits per heavy atom. The lowest BCUT2D eigenvalue weighted by Crippen LogP contribution is -1.93. The molecular formula is C12H10Cl2N2. The summed E-state index contributed by atoms with van der Waals surface area (Å²) in [6, 6.07) is 9.40. The van der Waals surface area contributed by atoms with Crippen LogP contribution in [0.1, 0.15) is 5.56 Å². The lowest BCUT2D eigenvalue weighted by molar-refractivity contribution is 1.31. The Kier molecular flexibility index (Phi) is 3.32. The summed E-state index contributed by atoms with van der Waals surface area (Å²) in [5, 5.41) is 4.41. The van der Waals surface area contributed by atoms with Crippen molar-refractivity contribution in [3.63, 3.8) is 0 Å². The molecule has 1 aromatic carbocycles. The van der Waals surface area contributed by atoms with Crippen LogP contribution in [0, 0.1) is 6.92 Å². The first kappa shape index (κ1) is 11.2. The van der Waals surface area contributed by atoms with E-state index in [0.717, 1.165) is 17.1 Å². The van der Waals surface area contributed by atoms with Crippen molar-refractivity contribution in [3.8, 4) is 0 Å². The molecule has 16 heavy (non-hydrogen) atoms. The summed E-state index contributed by atoms with van der Waals surface area (Å²) in [6.07, 6.45) is 1.59. The first-order valence-electron chi connectivity index (χ1n) is 4.80. The van der Waals surface area contributed by atoms with Crippen LogP contribution in [0.3, 0.4) is 0 Å². The molecule has 2 aromatic rings. The summed E-state index contributed by atoms with van der Waals surface area (Å²) in [7, 11) is 0. The van der Waals surface area contributed by atoms with Gasteiger partial charge in [-0.3, -0.25) is 0 Å². The molecule has 82 valence electrons. The van der Waals surface area contributed by atoms with Gasteiger partial charge in [-0.2, -0.15) is 0 Å². The summed E-state index contributed by atoms with van der Waals surface area (Å²) in [4.78, 5) is 4.14. The molecule has 1 heterocycles. The SMILES string of the molecule is Cc1ccc(Nc2ccc(Cl)cn2)c(Cl)c1. The average molecular weight is 253 g/mol. The molecule has 0 bridgehead atoms. The van der Waals surface area contributed by atoms with Crippen LogP contribution in [0.25, 0.3) is 0 Å². The van der Waals surface area contributed by atoms with Gasteiger partial charge in [0.15, 0.2) is 0 Å². The molecule has 0 saturated heterocycles. The van der Waals surface area contributed by atoms with Crippen LogP contribution in [-0.4, -0.2) is 4.98 Å². The van der Waals surface area contributed by atoms with Gasteiger partial charge in [0.25, 0.3) is 0 Å². The predicted molar refractivity (Wildman–Crippen MR) is 68.7 cm³/mol. The molecular weight excluding hydrogens is 243 g/mol. The zero-order valence-electron chi connectivity index (χ0n) is 8.67. The Hall–Kier alpha value is -1.25. The van der Waals surface area contributed by atoms with Gasteiger partial charge in [-0.05, 0) is 36.8 Å². The zero-order chi connectivity index (χ0) is 11.5. The van der Waals surface area contributed by atoms with Gasteiger partial charge in [-0.25, -0.2) is 4.98 Å². The number of nitrogens with zero attached hydrogens (tertiary/aromatic N) is 1. The maximum absolute atomic E-state index is 6.09. The molecule has 0 aliphatic rings. The molecule has 0 saturated carbocycles. The molecule has 0 fully saturated rings. The van der Waals surface area contributed by atoms with Gasteiger partial charge in [0.1, 0.15) is 5.82 Å². The van der Waals surface area contributed by atoms with E-state index in [2.05, 4.69) is 10.3 Å². The number of hydrogen-bond acceptors (Lipinski definition) is 2. The van der Waals surface area contributed by atoms with Crippen LogP contribution < -0.4 is 5.32 Å². The highest BCUT2D eigenvalue weighted by Crippen LogP contribution is 2.25. The number of pyridine rings is 1. The molecule has 4 heteroatoms. The summed E-state index contributed by atoms with van der Waals surface area (Å²) >= 11 is 11.8. The number of hydrogen-bond donors (Lipinski definition) is 1. The van der Waals surface area contributed by atoms with Crippen molar-refractivity contribution in [2.75, 3.05) is 5.32 Å². The normalized spacial score (nSPS) is 10.2. The second kappa shape index (κ2) is 4.73. The molecule has 0 atom stereocenters. The van der Waals surface area contributed by atoms with Gasteiger partial charge in [0, 0.05) is 6.20 Å². The Balaban J connectivity index is 2.23. The number of benzene rings is 1. The minimum atomic E-state index is 0.612. The Labute approximate surface area is 104 Å². The average Bonchev–Trinajstić information content (AvgIpc) is 2.25. The van der Waals surface area contributed by atoms with Crippen LogP contribution in [0.5, 0.6) is 0 Å². The smallest absolute Gasteiger partial charge is 0.130 e. The highest BCUT2D eigenvalue weighted by Gasteiger charge is 2.01. The van der Waals surface area contributed by atoms with Crippen LogP contribution in [-0.2, 0) is 0 Å². The molecule has 2 rings (SSSR count). The van der Waals surface area contributed by atoms with Crippen molar-refractivity contribution in [2.24, 2.45) is 0 Å². The highest BCUT2D eigenvalue weighted by molar-refractivity contribution is 6.33. The maximum Gasteiger partial charge on any atom is 0.130 e. The third kappa shape index (κ3) is 2.65. The third-order valence-electron chi connectivity index (χ3n) is 2.11. The largest absolute Gasteiger partial charge is 0.339 e. The van der Waals surface area contributed by atoms with Gasteiger partial charge in [-0.15, -0.1) is 0 Å². The van der Waals surface area contributed by atoms with E-state index < -0.39 is 0 Å². The summed E-state index contributed by atoms with van der Waals surface area (Å²) < 4.78 is 0. The van der Waals surface area contributed by atoms with E-state index >= 15 is 0 Å². The molecule has 1 N–H and O–H groups in total. The maximum atomic E-state index is 6.09. The molecule has 0 amide bonds. The lowest BCUT2D eigenvalue weighted by atomic mass is 10.2. The minimum Gasteiger partial charge on any atom is -0.339 e. The number of rotatable bonds is 2. The van der Waals surface area contributed by atoms with Gasteiger partial charge in [0.2, 0.25) is 0 Å². The Morgan fingerprint density at radius 1 is 1.12 bits per heavy atom. The van der Waals surface area contributed by atoms with Crippen molar-refractivity contribution in [2.45, 2.75) is 6.92 Å². The quantitative estimate of drug-likeness (QED) is 0.855. The third-order valence-corrected chi connectivity index (χ3v) is 2.65. The van der Waals surface area contributed by atoms with E-state index in [1.807, 2.05) is 25.1 Å². The number of aryl methyl sites for hydroxylation is 1. The monoisotopic (exact) mass is 252 g/mol. The van der Waals surface area contributed by atoms with Gasteiger partial charge in [-0.1, -0.05) is 29.3 Å². The van der Waals surface area contributed by atoms with Crippen LogP contribution >= 0.6 is 23.2 Å². The fraction of sp³-hybridized carbons (Fsp3) is 0.0833. The summed E-state index contributed by atoms with van der Waals surface area (Å²) in [5.74, 6) is 0.718. The zero-order valence-corrected chi connectivity index (χ0v) is 10.2. The van der Waals surface area contributed by atoms with Crippen molar-refractivity contribution in [1.82, 2.24) is 4.98 Å². The molecule has 0 radical (unpaired) electrons. The van der Waals surface area contributed by atoms with Crippen LogP contribution in [0.2, 0.25) is 10.0 Å². The van der Waals surface area contributed by atoms with Gasteiger partial charge >= 0.3 is 0 Å². The standard InChI is InChI=1S/C12H10Cl2N2/c1-8-2-4-11(10(14)6-8)16-12-5-3-9(13)7-15-12/h2-7H,1H3,(H,15,16). The number of halogens is 2. The fourth-order valence-corrected chi connectivity index (χ4v) is 1.70. The lowest BCUT2D eigenvalue weighted by Gasteiger charge is -2.07. The van der Waals surface area contributed by atoms with Crippen LogP contribution in [0.15, 0.2) is 36.5 Å². The molecule has 0 aliphatic carbocycles. The first-order chi connectivity index (χ1) is 7.65. The molecule has 0 aliphatic heterocycles. The van der Waals surface area contributed by atoms with E-state index in [1.165, 1.54) is 0 Å². The van der Waals surface area contributed by atoms with E-state index in [4.69, 9.17) is 23.2 Å². The van der Waals surface area contributed by atoms with Crippen molar-refractivity contribution in [1.29, 1.82) is 0 Å². The van der Waals surface area contributed by atoms with Crippen molar-refractivity contribution in [3.05, 3.63) is 52.1 Å². The van der Waals surface area contributed by atoms with Crippen LogP contribution in [0.4, 0.5) is 11.5 Å². The highest BCUT2D eigenvalue weighted by atomic mass is 35.5. The summed E-state index contributed by atoms with van der Waals surface area (Å²) in [5.41, 5.74) is 1.96. The molecule has 2 nitrogen and oxygen atoms in total. The van der Waals surface area contributed by atoms with Crippen molar-refractivity contribution < 1.29 is 0 Å². The topological polar surface area (TPSA) is 24.9 Å². The second-order valence-electron chi connectivity index (χ2n) is 3.47. The number of nitrogens with one attached hydrogen (secondary N) is 1. The molecule has 0 unspecified atom stereocenters. The summed E-state index contributed by atoms with van der Waals surface area (Å²) in [6.45, 7) is 2.00. The van der Waals surface area contributed by atoms with Gasteiger partial charge < -0.3 is 5.32 Å². The predicted octanol–water partition coefficient (Wildman–Crippen LogP) is 4.44. The number of aromatic nitrogens is 1. The van der Waals surface area contributed by atoms with Gasteiger partial charge in [0.05, 0.1) is 15.7 Å². The van der Waals surface area contributed by atoms with E-state index in [1.54, 1.807) is 18.3 Å². The van der Waals surface area contributed by atoms with E-state index in [-0.39, 0.29) is 0 Å². The van der Waals surface area contributed by atoms with E-state index in [0.29, 0.717) is 10.0 Å². The Morgan fingerprint density at radius 3 is 2.56 bits per heavy atom. The first-order valence-corrected chi connectivity index (χ1v) is 5.55. The molecule has 0 spiro atoms. The van der Waals surface area contributed by atoms with Crippen molar-refractivity contribution >= 4 is 34.7 Å². The minimum absolute atomic E-state index is 0.612. The number of anilines is 2.